The van der Waals surface area contributed by atoms with E-state index in [0.29, 0.717) is 10.7 Å². The fraction of sp³-hybridized carbons (Fsp3) is 0.455. The summed E-state index contributed by atoms with van der Waals surface area (Å²) in [4.78, 5) is 0. The van der Waals surface area contributed by atoms with E-state index in [1.165, 1.54) is 13.2 Å². The lowest BCUT2D eigenvalue weighted by molar-refractivity contribution is 0.388. The van der Waals surface area contributed by atoms with Crippen LogP contribution in [-0.4, -0.2) is 13.7 Å². The summed E-state index contributed by atoms with van der Waals surface area (Å²) in [6.45, 7) is 4.87. The van der Waals surface area contributed by atoms with Crippen LogP contribution in [0.15, 0.2) is 6.07 Å². The van der Waals surface area contributed by atoms with Crippen LogP contribution >= 0.6 is 11.6 Å². The highest BCUT2D eigenvalue weighted by Gasteiger charge is 2.35. The van der Waals surface area contributed by atoms with Crippen molar-refractivity contribution < 1.29 is 9.13 Å². The highest BCUT2D eigenvalue weighted by Crippen LogP contribution is 2.47. The van der Waals surface area contributed by atoms with E-state index >= 15 is 0 Å². The Kier molecular flexibility index (Phi) is 2.30. The van der Waals surface area contributed by atoms with Gasteiger partial charge in [0.05, 0.1) is 12.8 Å². The van der Waals surface area contributed by atoms with E-state index in [9.17, 15) is 4.39 Å². The molecule has 0 amide bonds. The van der Waals surface area contributed by atoms with E-state index in [2.05, 4.69) is 19.2 Å². The third kappa shape index (κ3) is 1.46. The summed E-state index contributed by atoms with van der Waals surface area (Å²) in [5.74, 6) is -0.175. The zero-order valence-corrected chi connectivity index (χ0v) is 9.70. The average Bonchev–Trinajstić information content (AvgIpc) is 2.43. The Morgan fingerprint density at radius 2 is 2.20 bits per heavy atom. The summed E-state index contributed by atoms with van der Waals surface area (Å²) in [6, 6.07) is 1.31. The molecule has 1 aliphatic rings. The number of fused-ring (bicyclic) bond motifs is 1. The highest BCUT2D eigenvalue weighted by molar-refractivity contribution is 6.32. The molecule has 0 fully saturated rings. The first kappa shape index (κ1) is 10.6. The van der Waals surface area contributed by atoms with Gasteiger partial charge in [-0.05, 0) is 6.07 Å². The van der Waals surface area contributed by atoms with Gasteiger partial charge >= 0.3 is 0 Å². The zero-order valence-electron chi connectivity index (χ0n) is 8.95. The molecule has 0 unspecified atom stereocenters. The molecule has 15 heavy (non-hydrogen) atoms. The maximum Gasteiger partial charge on any atom is 0.178 e. The van der Waals surface area contributed by atoms with E-state index in [4.69, 9.17) is 16.3 Å². The molecule has 0 saturated heterocycles. The van der Waals surface area contributed by atoms with Crippen LogP contribution < -0.4 is 10.1 Å². The van der Waals surface area contributed by atoms with Crippen molar-refractivity contribution in [3.05, 3.63) is 22.5 Å². The normalized spacial score (nSPS) is 17.1. The van der Waals surface area contributed by atoms with Gasteiger partial charge in [0.25, 0.3) is 0 Å². The highest BCUT2D eigenvalue weighted by atomic mass is 35.5. The number of rotatable bonds is 1. The van der Waals surface area contributed by atoms with E-state index in [1.807, 2.05) is 0 Å². The fourth-order valence-electron chi connectivity index (χ4n) is 2.03. The number of ether oxygens (including phenoxy) is 1. The SMILES string of the molecule is COc1c(F)cc(Cl)c2c1NCC2(C)C. The number of benzene rings is 1. The van der Waals surface area contributed by atoms with Gasteiger partial charge < -0.3 is 10.1 Å². The molecule has 4 heteroatoms. The molecule has 0 atom stereocenters. The molecule has 2 nitrogen and oxygen atoms in total. The molecule has 0 spiro atoms. The number of nitrogens with one attached hydrogen (secondary N) is 1. The molecule has 1 heterocycles. The van der Waals surface area contributed by atoms with Gasteiger partial charge in [-0.15, -0.1) is 0 Å². The van der Waals surface area contributed by atoms with Crippen molar-refractivity contribution in [3.8, 4) is 5.75 Å². The zero-order chi connectivity index (χ0) is 11.2. The van der Waals surface area contributed by atoms with Crippen LogP contribution in [0.2, 0.25) is 5.02 Å². The Bertz CT molecular complexity index is 418. The van der Waals surface area contributed by atoms with Crippen molar-refractivity contribution in [3.63, 3.8) is 0 Å². The Hall–Kier alpha value is -0.960. The quantitative estimate of drug-likeness (QED) is 0.799. The van der Waals surface area contributed by atoms with Gasteiger partial charge in [0.1, 0.15) is 0 Å². The molecule has 2 rings (SSSR count). The number of anilines is 1. The maximum absolute atomic E-state index is 13.5. The molecule has 1 aromatic rings. The van der Waals surface area contributed by atoms with Crippen LogP contribution in [0.25, 0.3) is 0 Å². The molecule has 0 radical (unpaired) electrons. The summed E-state index contributed by atoms with van der Waals surface area (Å²) in [6.07, 6.45) is 0. The van der Waals surface area contributed by atoms with E-state index < -0.39 is 5.82 Å². The summed E-state index contributed by atoms with van der Waals surface area (Å²) < 4.78 is 18.5. The molecule has 82 valence electrons. The van der Waals surface area contributed by atoms with Crippen molar-refractivity contribution in [2.75, 3.05) is 19.0 Å². The van der Waals surface area contributed by atoms with E-state index in [0.717, 1.165) is 12.1 Å². The van der Waals surface area contributed by atoms with E-state index in [-0.39, 0.29) is 11.2 Å². The first-order valence-corrected chi connectivity index (χ1v) is 5.15. The largest absolute Gasteiger partial charge is 0.492 e. The number of methoxy groups -OCH3 is 1. The van der Waals surface area contributed by atoms with Crippen LogP contribution in [0.4, 0.5) is 10.1 Å². The summed E-state index contributed by atoms with van der Waals surface area (Å²) >= 11 is 6.05. The summed E-state index contributed by atoms with van der Waals surface area (Å²) in [5.41, 5.74) is 1.53. The summed E-state index contributed by atoms with van der Waals surface area (Å²) in [7, 11) is 1.46. The molecule has 0 aliphatic carbocycles. The van der Waals surface area contributed by atoms with Gasteiger partial charge in [0, 0.05) is 22.5 Å². The minimum atomic E-state index is -0.425. The summed E-state index contributed by atoms with van der Waals surface area (Å²) in [5, 5.41) is 3.60. The average molecular weight is 230 g/mol. The molecule has 1 aromatic carbocycles. The van der Waals surface area contributed by atoms with Crippen LogP contribution in [0, 0.1) is 5.82 Å². The van der Waals surface area contributed by atoms with Crippen molar-refractivity contribution >= 4 is 17.3 Å². The monoisotopic (exact) mass is 229 g/mol. The first-order chi connectivity index (χ1) is 6.97. The van der Waals surface area contributed by atoms with Gasteiger partial charge in [-0.2, -0.15) is 0 Å². The first-order valence-electron chi connectivity index (χ1n) is 4.77. The molecular weight excluding hydrogens is 217 g/mol. The van der Waals surface area contributed by atoms with Crippen molar-refractivity contribution in [1.29, 1.82) is 0 Å². The predicted octanol–water partition coefficient (Wildman–Crippen LogP) is 3.19. The Morgan fingerprint density at radius 3 is 2.80 bits per heavy atom. The fourth-order valence-corrected chi connectivity index (χ4v) is 2.48. The molecule has 1 N–H and O–H groups in total. The molecule has 0 aromatic heterocycles. The maximum atomic E-state index is 13.5. The molecular formula is C11H13ClFNO. The van der Waals surface area contributed by atoms with Gasteiger partial charge in [-0.1, -0.05) is 25.4 Å². The Morgan fingerprint density at radius 1 is 1.53 bits per heavy atom. The molecule has 0 bridgehead atoms. The standard InChI is InChI=1S/C11H13ClFNO/c1-11(2)5-14-9-8(11)6(12)4-7(13)10(9)15-3/h4,14H,5H2,1-3H3. The minimum absolute atomic E-state index is 0.0899. The van der Waals surface area contributed by atoms with Crippen LogP contribution in [0.3, 0.4) is 0 Å². The van der Waals surface area contributed by atoms with Crippen LogP contribution in [0.1, 0.15) is 19.4 Å². The smallest absolute Gasteiger partial charge is 0.178 e. The van der Waals surface area contributed by atoms with Crippen LogP contribution in [-0.2, 0) is 5.41 Å². The van der Waals surface area contributed by atoms with Gasteiger partial charge in [-0.3, -0.25) is 0 Å². The second kappa shape index (κ2) is 3.27. The Labute approximate surface area is 93.4 Å². The van der Waals surface area contributed by atoms with Crippen molar-refractivity contribution in [2.45, 2.75) is 19.3 Å². The van der Waals surface area contributed by atoms with Gasteiger partial charge in [0.15, 0.2) is 11.6 Å². The van der Waals surface area contributed by atoms with Crippen molar-refractivity contribution in [1.82, 2.24) is 0 Å². The van der Waals surface area contributed by atoms with Crippen molar-refractivity contribution in [2.24, 2.45) is 0 Å². The lowest BCUT2D eigenvalue weighted by atomic mass is 9.87. The third-order valence-electron chi connectivity index (χ3n) is 2.77. The lowest BCUT2D eigenvalue weighted by Gasteiger charge is -2.19. The van der Waals surface area contributed by atoms with Crippen LogP contribution in [0.5, 0.6) is 5.75 Å². The number of halogens is 2. The predicted molar refractivity (Wildman–Crippen MR) is 59.5 cm³/mol. The Balaban J connectivity index is 2.72. The topological polar surface area (TPSA) is 21.3 Å². The van der Waals surface area contributed by atoms with Gasteiger partial charge in [-0.25, -0.2) is 4.39 Å². The molecule has 1 aliphatic heterocycles. The third-order valence-corrected chi connectivity index (χ3v) is 3.07. The number of hydrogen-bond donors (Lipinski definition) is 1. The second-order valence-electron chi connectivity index (χ2n) is 4.36. The van der Waals surface area contributed by atoms with E-state index in [1.54, 1.807) is 0 Å². The molecule has 0 saturated carbocycles. The number of hydrogen-bond acceptors (Lipinski definition) is 2. The lowest BCUT2D eigenvalue weighted by Crippen LogP contribution is -2.19. The minimum Gasteiger partial charge on any atom is -0.492 e. The second-order valence-corrected chi connectivity index (χ2v) is 4.77. The van der Waals surface area contributed by atoms with Gasteiger partial charge in [0.2, 0.25) is 0 Å².